The number of imidazole rings is 1. The lowest BCUT2D eigenvalue weighted by Crippen LogP contribution is -2.17. The SMILES string of the molecule is COc1nc2cnc3ccc(C#Cc4cccnc4)cc3c2n1-c1ccc(N2CCCC2)cc1. The monoisotopic (exact) mass is 445 g/mol. The molecule has 0 aliphatic carbocycles. The summed E-state index contributed by atoms with van der Waals surface area (Å²) in [7, 11) is 1.65. The summed E-state index contributed by atoms with van der Waals surface area (Å²) in [6.45, 7) is 2.24. The van der Waals surface area contributed by atoms with Crippen LogP contribution in [0.5, 0.6) is 6.01 Å². The molecule has 34 heavy (non-hydrogen) atoms. The van der Waals surface area contributed by atoms with E-state index in [1.807, 2.05) is 24.3 Å². The number of benzene rings is 2. The van der Waals surface area contributed by atoms with Gasteiger partial charge in [0.25, 0.3) is 0 Å². The predicted octanol–water partition coefficient (Wildman–Crippen LogP) is 4.98. The van der Waals surface area contributed by atoms with Crippen LogP contribution in [0.15, 0.2) is 73.2 Å². The molecule has 0 atom stereocenters. The van der Waals surface area contributed by atoms with E-state index in [0.717, 1.165) is 51.8 Å². The number of pyridine rings is 2. The van der Waals surface area contributed by atoms with Crippen molar-refractivity contribution in [1.29, 1.82) is 0 Å². The molecule has 6 rings (SSSR count). The molecule has 3 aromatic heterocycles. The lowest BCUT2D eigenvalue weighted by Gasteiger charge is -2.18. The maximum Gasteiger partial charge on any atom is 0.301 e. The number of anilines is 1. The van der Waals surface area contributed by atoms with E-state index >= 15 is 0 Å². The normalized spacial score (nSPS) is 13.3. The van der Waals surface area contributed by atoms with Gasteiger partial charge in [-0.3, -0.25) is 14.5 Å². The van der Waals surface area contributed by atoms with Gasteiger partial charge in [-0.25, -0.2) is 0 Å². The summed E-state index contributed by atoms with van der Waals surface area (Å²) >= 11 is 0. The lowest BCUT2D eigenvalue weighted by atomic mass is 10.1. The summed E-state index contributed by atoms with van der Waals surface area (Å²) in [6.07, 6.45) is 7.82. The summed E-state index contributed by atoms with van der Waals surface area (Å²) in [6, 6.07) is 19.1. The number of aromatic nitrogens is 4. The van der Waals surface area contributed by atoms with Crippen LogP contribution < -0.4 is 9.64 Å². The highest BCUT2D eigenvalue weighted by Gasteiger charge is 2.18. The van der Waals surface area contributed by atoms with Crippen LogP contribution in [0.4, 0.5) is 5.69 Å². The van der Waals surface area contributed by atoms with Gasteiger partial charge in [-0.15, -0.1) is 0 Å². The van der Waals surface area contributed by atoms with Crippen LogP contribution in [0.25, 0.3) is 27.6 Å². The number of rotatable bonds is 3. The van der Waals surface area contributed by atoms with Gasteiger partial charge in [-0.1, -0.05) is 11.8 Å². The van der Waals surface area contributed by atoms with Gasteiger partial charge in [0, 0.05) is 47.7 Å². The van der Waals surface area contributed by atoms with Gasteiger partial charge >= 0.3 is 6.01 Å². The van der Waals surface area contributed by atoms with E-state index in [1.165, 1.54) is 18.5 Å². The van der Waals surface area contributed by atoms with E-state index in [-0.39, 0.29) is 0 Å². The minimum absolute atomic E-state index is 0.532. The fraction of sp³-hybridized carbons (Fsp3) is 0.179. The number of hydrogen-bond acceptors (Lipinski definition) is 5. The summed E-state index contributed by atoms with van der Waals surface area (Å²) in [5.74, 6) is 6.44. The Balaban J connectivity index is 1.49. The van der Waals surface area contributed by atoms with Crippen LogP contribution in [0, 0.1) is 11.8 Å². The fourth-order valence-corrected chi connectivity index (χ4v) is 4.56. The van der Waals surface area contributed by atoms with Gasteiger partial charge in [0.1, 0.15) is 5.52 Å². The Bertz CT molecular complexity index is 1540. The number of ether oxygens (including phenoxy) is 1. The molecular formula is C28H23N5O. The minimum atomic E-state index is 0.532. The van der Waals surface area contributed by atoms with E-state index in [2.05, 4.69) is 61.6 Å². The molecular weight excluding hydrogens is 422 g/mol. The van der Waals surface area contributed by atoms with E-state index in [1.54, 1.807) is 25.7 Å². The van der Waals surface area contributed by atoms with Crippen LogP contribution >= 0.6 is 0 Å². The highest BCUT2D eigenvalue weighted by molar-refractivity contribution is 6.04. The number of fused-ring (bicyclic) bond motifs is 3. The van der Waals surface area contributed by atoms with Crippen molar-refractivity contribution in [2.75, 3.05) is 25.1 Å². The van der Waals surface area contributed by atoms with Crippen LogP contribution in [-0.2, 0) is 0 Å². The topological polar surface area (TPSA) is 56.1 Å². The van der Waals surface area contributed by atoms with Crippen molar-refractivity contribution in [2.45, 2.75) is 12.8 Å². The first kappa shape index (κ1) is 20.3. The molecule has 5 aromatic rings. The highest BCUT2D eigenvalue weighted by Crippen LogP contribution is 2.32. The van der Waals surface area contributed by atoms with E-state index < -0.39 is 0 Å². The van der Waals surface area contributed by atoms with Crippen molar-refractivity contribution in [3.8, 4) is 23.5 Å². The fourth-order valence-electron chi connectivity index (χ4n) is 4.56. The number of nitrogens with zero attached hydrogens (tertiary/aromatic N) is 5. The molecule has 1 saturated heterocycles. The van der Waals surface area contributed by atoms with Crippen molar-refractivity contribution in [1.82, 2.24) is 19.5 Å². The first-order valence-corrected chi connectivity index (χ1v) is 11.4. The summed E-state index contributed by atoms with van der Waals surface area (Å²) in [5, 5.41) is 0.981. The number of methoxy groups -OCH3 is 1. The Hall–Kier alpha value is -4.37. The Morgan fingerprint density at radius 1 is 0.853 bits per heavy atom. The van der Waals surface area contributed by atoms with Crippen molar-refractivity contribution in [3.05, 3.63) is 84.3 Å². The van der Waals surface area contributed by atoms with Crippen molar-refractivity contribution in [3.63, 3.8) is 0 Å². The second-order valence-electron chi connectivity index (χ2n) is 8.36. The second-order valence-corrected chi connectivity index (χ2v) is 8.36. The largest absolute Gasteiger partial charge is 0.468 e. The van der Waals surface area contributed by atoms with Gasteiger partial charge in [0.15, 0.2) is 0 Å². The Kier molecular flexibility index (Phi) is 5.08. The molecule has 0 spiro atoms. The van der Waals surface area contributed by atoms with Gasteiger partial charge < -0.3 is 9.64 Å². The third kappa shape index (κ3) is 3.61. The molecule has 0 unspecified atom stereocenters. The third-order valence-corrected chi connectivity index (χ3v) is 6.23. The van der Waals surface area contributed by atoms with Crippen LogP contribution in [0.3, 0.4) is 0 Å². The third-order valence-electron chi connectivity index (χ3n) is 6.23. The molecule has 0 saturated carbocycles. The molecule has 6 heteroatoms. The molecule has 1 aliphatic rings. The zero-order chi connectivity index (χ0) is 22.9. The van der Waals surface area contributed by atoms with E-state index in [4.69, 9.17) is 9.72 Å². The molecule has 1 fully saturated rings. The maximum absolute atomic E-state index is 5.68. The van der Waals surface area contributed by atoms with Crippen LogP contribution in [-0.4, -0.2) is 39.7 Å². The van der Waals surface area contributed by atoms with Gasteiger partial charge in [-0.2, -0.15) is 4.98 Å². The summed E-state index contributed by atoms with van der Waals surface area (Å²) in [5.41, 5.74) is 6.67. The molecule has 4 heterocycles. The van der Waals surface area contributed by atoms with Crippen molar-refractivity contribution in [2.24, 2.45) is 0 Å². The van der Waals surface area contributed by atoms with Crippen molar-refractivity contribution < 1.29 is 4.74 Å². The molecule has 2 aromatic carbocycles. The van der Waals surface area contributed by atoms with Crippen LogP contribution in [0.2, 0.25) is 0 Å². The smallest absolute Gasteiger partial charge is 0.301 e. The average molecular weight is 446 g/mol. The predicted molar refractivity (Wildman–Crippen MR) is 135 cm³/mol. The molecule has 1 aliphatic heterocycles. The quantitative estimate of drug-likeness (QED) is 0.367. The average Bonchev–Trinajstić information content (AvgIpc) is 3.56. The van der Waals surface area contributed by atoms with Crippen LogP contribution in [0.1, 0.15) is 24.0 Å². The molecule has 166 valence electrons. The first-order valence-electron chi connectivity index (χ1n) is 11.4. The zero-order valence-electron chi connectivity index (χ0n) is 18.9. The summed E-state index contributed by atoms with van der Waals surface area (Å²) < 4.78 is 7.74. The molecule has 0 bridgehead atoms. The second kappa shape index (κ2) is 8.53. The molecule has 6 nitrogen and oxygen atoms in total. The van der Waals surface area contributed by atoms with E-state index in [9.17, 15) is 0 Å². The summed E-state index contributed by atoms with van der Waals surface area (Å²) in [4.78, 5) is 15.9. The van der Waals surface area contributed by atoms with Gasteiger partial charge in [-0.05, 0) is 67.4 Å². The standard InChI is InChI=1S/C28H23N5O/c1-34-28-31-26-19-30-25-13-8-20(6-7-21-5-4-14-29-18-21)17-24(25)27(26)33(28)23-11-9-22(10-12-23)32-15-2-3-16-32/h4-5,8-14,17-19H,2-3,15-16H2,1H3. The van der Waals surface area contributed by atoms with E-state index in [0.29, 0.717) is 6.01 Å². The molecule has 0 N–H and O–H groups in total. The Morgan fingerprint density at radius 3 is 2.41 bits per heavy atom. The molecule has 0 amide bonds. The first-order chi connectivity index (χ1) is 16.8. The van der Waals surface area contributed by atoms with Gasteiger partial charge in [0.05, 0.1) is 30.0 Å². The minimum Gasteiger partial charge on any atom is -0.468 e. The lowest BCUT2D eigenvalue weighted by molar-refractivity contribution is 0.376. The maximum atomic E-state index is 5.68. The Morgan fingerprint density at radius 2 is 1.65 bits per heavy atom. The Labute approximate surface area is 197 Å². The van der Waals surface area contributed by atoms with Crippen molar-refractivity contribution >= 4 is 27.6 Å². The highest BCUT2D eigenvalue weighted by atomic mass is 16.5. The zero-order valence-corrected chi connectivity index (χ0v) is 18.9. The number of hydrogen-bond donors (Lipinski definition) is 0. The van der Waals surface area contributed by atoms with Gasteiger partial charge in [0.2, 0.25) is 0 Å². The molecule has 0 radical (unpaired) electrons.